The highest BCUT2D eigenvalue weighted by molar-refractivity contribution is 5.69. The second-order valence-electron chi connectivity index (χ2n) is 3.64. The van der Waals surface area contributed by atoms with Crippen molar-refractivity contribution in [1.29, 1.82) is 0 Å². The summed E-state index contributed by atoms with van der Waals surface area (Å²) in [5.74, 6) is 0.0239. The number of methoxy groups -OCH3 is 1. The third-order valence-electron chi connectivity index (χ3n) is 2.47. The lowest BCUT2D eigenvalue weighted by Crippen LogP contribution is -2.30. The maximum Gasteiger partial charge on any atom is 0.307 e. The lowest BCUT2D eigenvalue weighted by atomic mass is 10.0. The van der Waals surface area contributed by atoms with Gasteiger partial charge in [-0.3, -0.25) is 4.79 Å². The number of nitrogens with one attached hydrogen (secondary N) is 1. The minimum absolute atomic E-state index is 0.0528. The molecule has 0 fully saturated rings. The van der Waals surface area contributed by atoms with E-state index in [9.17, 15) is 4.79 Å². The van der Waals surface area contributed by atoms with Crippen molar-refractivity contribution in [2.75, 3.05) is 14.2 Å². The minimum Gasteiger partial charge on any atom is -0.508 e. The minimum atomic E-state index is -0.224. The number of carbonyl (C=O) groups excluding carboxylic acids is 1. The molecule has 0 bridgehead atoms. The summed E-state index contributed by atoms with van der Waals surface area (Å²) < 4.78 is 4.62. The fourth-order valence-corrected chi connectivity index (χ4v) is 1.48. The van der Waals surface area contributed by atoms with Crippen LogP contribution in [0.25, 0.3) is 0 Å². The van der Waals surface area contributed by atoms with Crippen LogP contribution < -0.4 is 5.32 Å². The first kappa shape index (κ1) is 12.5. The number of phenols is 1. The van der Waals surface area contributed by atoms with E-state index < -0.39 is 0 Å². The Morgan fingerprint density at radius 1 is 1.44 bits per heavy atom. The van der Waals surface area contributed by atoms with Crippen LogP contribution >= 0.6 is 0 Å². The Morgan fingerprint density at radius 2 is 2.06 bits per heavy atom. The fraction of sp³-hybridized carbons (Fsp3) is 0.417. The monoisotopic (exact) mass is 223 g/mol. The molecular formula is C12H17NO3. The topological polar surface area (TPSA) is 58.6 Å². The van der Waals surface area contributed by atoms with Crippen LogP contribution in [0.2, 0.25) is 0 Å². The van der Waals surface area contributed by atoms with Crippen molar-refractivity contribution in [3.63, 3.8) is 0 Å². The van der Waals surface area contributed by atoms with Crippen molar-refractivity contribution < 1.29 is 14.6 Å². The molecule has 1 atom stereocenters. The van der Waals surface area contributed by atoms with E-state index in [2.05, 4.69) is 10.1 Å². The van der Waals surface area contributed by atoms with E-state index >= 15 is 0 Å². The Balaban J connectivity index is 2.56. The van der Waals surface area contributed by atoms with Crippen LogP contribution in [0.3, 0.4) is 0 Å². The van der Waals surface area contributed by atoms with Gasteiger partial charge in [0.05, 0.1) is 13.5 Å². The van der Waals surface area contributed by atoms with Crippen LogP contribution in [0.15, 0.2) is 24.3 Å². The molecule has 0 aliphatic carbocycles. The van der Waals surface area contributed by atoms with Gasteiger partial charge in [0.15, 0.2) is 0 Å². The number of phenolic OH excluding ortho intramolecular Hbond substituents is 1. The van der Waals surface area contributed by atoms with Gasteiger partial charge in [0, 0.05) is 6.04 Å². The molecule has 2 N–H and O–H groups in total. The standard InChI is InChI=1S/C12H17NO3/c1-13-10(8-12(15)16-2)7-9-3-5-11(14)6-4-9/h3-6,10,13-14H,7-8H2,1-2H3/t10-/m0/s1. The Kier molecular flexibility index (Phi) is 4.79. The summed E-state index contributed by atoms with van der Waals surface area (Å²) in [6.45, 7) is 0. The summed E-state index contributed by atoms with van der Waals surface area (Å²) in [5, 5.41) is 12.2. The molecule has 16 heavy (non-hydrogen) atoms. The average Bonchev–Trinajstić information content (AvgIpc) is 2.30. The average molecular weight is 223 g/mol. The highest BCUT2D eigenvalue weighted by atomic mass is 16.5. The van der Waals surface area contributed by atoms with E-state index in [-0.39, 0.29) is 17.8 Å². The molecule has 0 radical (unpaired) electrons. The van der Waals surface area contributed by atoms with E-state index in [1.807, 2.05) is 19.2 Å². The van der Waals surface area contributed by atoms with E-state index in [4.69, 9.17) is 5.11 Å². The van der Waals surface area contributed by atoms with Gasteiger partial charge in [-0.15, -0.1) is 0 Å². The zero-order valence-corrected chi connectivity index (χ0v) is 9.56. The summed E-state index contributed by atoms with van der Waals surface area (Å²) in [6, 6.07) is 7.02. The smallest absolute Gasteiger partial charge is 0.307 e. The Labute approximate surface area is 95.2 Å². The predicted octanol–water partition coefficient (Wildman–Crippen LogP) is 1.09. The highest BCUT2D eigenvalue weighted by Gasteiger charge is 2.12. The molecule has 0 aliphatic rings. The largest absolute Gasteiger partial charge is 0.508 e. The zero-order valence-electron chi connectivity index (χ0n) is 9.56. The number of esters is 1. The highest BCUT2D eigenvalue weighted by Crippen LogP contribution is 2.12. The lowest BCUT2D eigenvalue weighted by Gasteiger charge is -2.14. The molecule has 0 spiro atoms. The zero-order chi connectivity index (χ0) is 12.0. The summed E-state index contributed by atoms with van der Waals surface area (Å²) in [5.41, 5.74) is 1.07. The lowest BCUT2D eigenvalue weighted by molar-refractivity contribution is -0.141. The molecule has 0 unspecified atom stereocenters. The van der Waals surface area contributed by atoms with Gasteiger partial charge in [0.2, 0.25) is 0 Å². The van der Waals surface area contributed by atoms with Crippen LogP contribution in [0, 0.1) is 0 Å². The maximum atomic E-state index is 11.1. The molecule has 1 aromatic rings. The Bertz CT molecular complexity index is 335. The van der Waals surface area contributed by atoms with Crippen molar-refractivity contribution >= 4 is 5.97 Å². The van der Waals surface area contributed by atoms with Gasteiger partial charge in [-0.2, -0.15) is 0 Å². The van der Waals surface area contributed by atoms with E-state index in [1.165, 1.54) is 7.11 Å². The molecule has 0 amide bonds. The summed E-state index contributed by atoms with van der Waals surface area (Å²) >= 11 is 0. The second-order valence-corrected chi connectivity index (χ2v) is 3.64. The molecule has 0 heterocycles. The Hall–Kier alpha value is -1.55. The van der Waals surface area contributed by atoms with Crippen molar-refractivity contribution in [2.45, 2.75) is 18.9 Å². The quantitative estimate of drug-likeness (QED) is 0.733. The fourth-order valence-electron chi connectivity index (χ4n) is 1.48. The number of hydrogen-bond donors (Lipinski definition) is 2. The predicted molar refractivity (Wildman–Crippen MR) is 61.3 cm³/mol. The molecule has 4 nitrogen and oxygen atoms in total. The van der Waals surface area contributed by atoms with E-state index in [0.29, 0.717) is 6.42 Å². The molecule has 0 aliphatic heterocycles. The van der Waals surface area contributed by atoms with Crippen LogP contribution in [0.5, 0.6) is 5.75 Å². The normalized spacial score (nSPS) is 12.1. The number of rotatable bonds is 5. The summed E-state index contributed by atoms with van der Waals surface area (Å²) in [7, 11) is 3.20. The van der Waals surface area contributed by atoms with Crippen LogP contribution in [0.1, 0.15) is 12.0 Å². The van der Waals surface area contributed by atoms with Gasteiger partial charge in [-0.25, -0.2) is 0 Å². The number of benzene rings is 1. The third-order valence-corrected chi connectivity index (χ3v) is 2.47. The first-order chi connectivity index (χ1) is 7.65. The van der Waals surface area contributed by atoms with Gasteiger partial charge in [-0.1, -0.05) is 12.1 Å². The second kappa shape index (κ2) is 6.12. The van der Waals surface area contributed by atoms with Crippen molar-refractivity contribution in [3.8, 4) is 5.75 Å². The van der Waals surface area contributed by atoms with Crippen LogP contribution in [-0.2, 0) is 16.0 Å². The first-order valence-electron chi connectivity index (χ1n) is 5.17. The molecule has 0 saturated carbocycles. The molecule has 0 saturated heterocycles. The summed E-state index contributed by atoms with van der Waals surface area (Å²) in [4.78, 5) is 11.1. The summed E-state index contributed by atoms with van der Waals surface area (Å²) in [6.07, 6.45) is 1.07. The van der Waals surface area contributed by atoms with Gasteiger partial charge >= 0.3 is 5.97 Å². The molecule has 4 heteroatoms. The van der Waals surface area contributed by atoms with Crippen LogP contribution in [0.4, 0.5) is 0 Å². The van der Waals surface area contributed by atoms with Crippen LogP contribution in [-0.4, -0.2) is 31.3 Å². The number of ether oxygens (including phenoxy) is 1. The number of hydrogen-bond acceptors (Lipinski definition) is 4. The number of likely N-dealkylation sites (N-methyl/N-ethyl adjacent to an activating group) is 1. The molecule has 1 aromatic carbocycles. The number of aromatic hydroxyl groups is 1. The van der Waals surface area contributed by atoms with E-state index in [0.717, 1.165) is 12.0 Å². The van der Waals surface area contributed by atoms with E-state index in [1.54, 1.807) is 12.1 Å². The molecule has 0 aromatic heterocycles. The molecule has 1 rings (SSSR count). The first-order valence-corrected chi connectivity index (χ1v) is 5.17. The number of carbonyl (C=O) groups is 1. The van der Waals surface area contributed by atoms with Gasteiger partial charge in [0.1, 0.15) is 5.75 Å². The van der Waals surface area contributed by atoms with Gasteiger partial charge in [0.25, 0.3) is 0 Å². The van der Waals surface area contributed by atoms with Crippen molar-refractivity contribution in [1.82, 2.24) is 5.32 Å². The SMILES string of the molecule is CN[C@H](CC(=O)OC)Cc1ccc(O)cc1. The Morgan fingerprint density at radius 3 is 2.56 bits per heavy atom. The maximum absolute atomic E-state index is 11.1. The third kappa shape index (κ3) is 3.90. The van der Waals surface area contributed by atoms with Crippen molar-refractivity contribution in [3.05, 3.63) is 29.8 Å². The van der Waals surface area contributed by atoms with Gasteiger partial charge < -0.3 is 15.2 Å². The van der Waals surface area contributed by atoms with Gasteiger partial charge in [-0.05, 0) is 31.2 Å². The van der Waals surface area contributed by atoms with Crippen molar-refractivity contribution in [2.24, 2.45) is 0 Å². The molecule has 88 valence electrons. The molecular weight excluding hydrogens is 206 g/mol.